The first-order valence-electron chi connectivity index (χ1n) is 8.75. The smallest absolute Gasteiger partial charge is 0.235 e. The maximum absolute atomic E-state index is 12.8. The highest BCUT2D eigenvalue weighted by molar-refractivity contribution is 7.92. The Balaban J connectivity index is 2.39. The van der Waals surface area contributed by atoms with Gasteiger partial charge in [-0.15, -0.1) is 0 Å². The van der Waals surface area contributed by atoms with Gasteiger partial charge in [-0.1, -0.05) is 55.5 Å². The predicted molar refractivity (Wildman–Crippen MR) is 108 cm³/mol. The van der Waals surface area contributed by atoms with E-state index in [4.69, 9.17) is 4.74 Å². The average Bonchev–Trinajstić information content (AvgIpc) is 2.59. The molecule has 0 N–H and O–H groups in total. The van der Waals surface area contributed by atoms with Gasteiger partial charge in [-0.2, -0.15) is 0 Å². The number of benzene rings is 2. The molecule has 4 nitrogen and oxygen atoms in total. The summed E-state index contributed by atoms with van der Waals surface area (Å²) >= 11 is 0. The molecule has 0 atom stereocenters. The molecule has 2 aromatic carbocycles. The highest BCUT2D eigenvalue weighted by Crippen LogP contribution is 2.33. The Bertz CT molecular complexity index is 845. The minimum Gasteiger partial charge on any atom is -0.487 e. The van der Waals surface area contributed by atoms with Crippen LogP contribution in [0.4, 0.5) is 5.69 Å². The van der Waals surface area contributed by atoms with Crippen LogP contribution in [0, 0.1) is 6.92 Å². The molecule has 0 saturated heterocycles. The van der Waals surface area contributed by atoms with Crippen LogP contribution in [0.5, 0.6) is 5.75 Å². The lowest BCUT2D eigenvalue weighted by molar-refractivity contribution is 0.307. The molecular formula is C21H27NO3S. The van der Waals surface area contributed by atoms with Crippen molar-refractivity contribution in [3.05, 3.63) is 71.8 Å². The van der Waals surface area contributed by atoms with Crippen molar-refractivity contribution in [2.45, 2.75) is 33.8 Å². The molecule has 0 aromatic heterocycles. The maximum Gasteiger partial charge on any atom is 0.235 e. The minimum absolute atomic E-state index is 0.0896. The number of hydrogen-bond donors (Lipinski definition) is 0. The fraction of sp³-hybridized carbons (Fsp3) is 0.333. The van der Waals surface area contributed by atoms with E-state index in [1.165, 1.54) is 4.31 Å². The molecule has 0 amide bonds. The Kier molecular flexibility index (Phi) is 6.86. The van der Waals surface area contributed by atoms with Crippen LogP contribution < -0.4 is 9.04 Å². The first-order chi connectivity index (χ1) is 12.3. The highest BCUT2D eigenvalue weighted by atomic mass is 32.2. The van der Waals surface area contributed by atoms with Crippen molar-refractivity contribution in [1.82, 2.24) is 0 Å². The molecule has 0 unspecified atom stereocenters. The van der Waals surface area contributed by atoms with Gasteiger partial charge in [-0.05, 0) is 43.5 Å². The molecule has 0 saturated carbocycles. The van der Waals surface area contributed by atoms with E-state index >= 15 is 0 Å². The van der Waals surface area contributed by atoms with Gasteiger partial charge in [0.2, 0.25) is 10.0 Å². The number of ether oxygens (including phenoxy) is 1. The number of sulfonamides is 1. The second-order valence-electron chi connectivity index (χ2n) is 6.53. The molecule has 140 valence electrons. The predicted octanol–water partition coefficient (Wildman–Crippen LogP) is 4.70. The molecule has 0 radical (unpaired) electrons. The third-order valence-electron chi connectivity index (χ3n) is 3.83. The van der Waals surface area contributed by atoms with Crippen LogP contribution in [-0.4, -0.2) is 20.7 Å². The molecule has 0 spiro atoms. The summed E-state index contributed by atoms with van der Waals surface area (Å²) in [4.78, 5) is 0. The summed E-state index contributed by atoms with van der Waals surface area (Å²) < 4.78 is 33.0. The standard InChI is InChI=1S/C21H27NO3S/c1-5-13-26(23,24)22(15-17(2)3)20-12-11-18(4)14-21(20)25-16-19-9-7-6-8-10-19/h6-12,14H,2,5,13,15-16H2,1,3-4H3. The highest BCUT2D eigenvalue weighted by Gasteiger charge is 2.24. The van der Waals surface area contributed by atoms with Crippen LogP contribution in [0.2, 0.25) is 0 Å². The quantitative estimate of drug-likeness (QED) is 0.599. The SMILES string of the molecule is C=C(C)CN(c1ccc(C)cc1OCc1ccccc1)S(=O)(=O)CCC. The second kappa shape index (κ2) is 8.90. The van der Waals surface area contributed by atoms with Gasteiger partial charge in [-0.3, -0.25) is 4.31 Å². The monoisotopic (exact) mass is 373 g/mol. The van der Waals surface area contributed by atoms with Crippen molar-refractivity contribution in [3.8, 4) is 5.75 Å². The molecule has 26 heavy (non-hydrogen) atoms. The summed E-state index contributed by atoms with van der Waals surface area (Å²) in [6, 6.07) is 15.4. The molecule has 0 heterocycles. The Morgan fingerprint density at radius 1 is 1.15 bits per heavy atom. The number of anilines is 1. The lowest BCUT2D eigenvalue weighted by Crippen LogP contribution is -2.34. The molecule has 0 bridgehead atoms. The van der Waals surface area contributed by atoms with Crippen LogP contribution in [0.1, 0.15) is 31.4 Å². The third kappa shape index (κ3) is 5.36. The molecule has 2 rings (SSSR count). The number of nitrogens with zero attached hydrogens (tertiary/aromatic N) is 1. The summed E-state index contributed by atoms with van der Waals surface area (Å²) in [7, 11) is -3.45. The molecular weight excluding hydrogens is 346 g/mol. The number of aryl methyl sites for hydroxylation is 1. The maximum atomic E-state index is 12.8. The minimum atomic E-state index is -3.45. The van der Waals surface area contributed by atoms with Crippen LogP contribution in [0.25, 0.3) is 0 Å². The molecule has 0 fully saturated rings. The van der Waals surface area contributed by atoms with Gasteiger partial charge in [0.05, 0.1) is 18.0 Å². The summed E-state index contributed by atoms with van der Waals surface area (Å²) in [6.45, 7) is 10.2. The van der Waals surface area contributed by atoms with Crippen LogP contribution in [-0.2, 0) is 16.6 Å². The van der Waals surface area contributed by atoms with Gasteiger partial charge in [0.25, 0.3) is 0 Å². The van der Waals surface area contributed by atoms with Crippen molar-refractivity contribution in [1.29, 1.82) is 0 Å². The van der Waals surface area contributed by atoms with E-state index < -0.39 is 10.0 Å². The average molecular weight is 374 g/mol. The Morgan fingerprint density at radius 3 is 2.46 bits per heavy atom. The van der Waals surface area contributed by atoms with Gasteiger partial charge < -0.3 is 4.74 Å². The van der Waals surface area contributed by atoms with Gasteiger partial charge >= 0.3 is 0 Å². The summed E-state index contributed by atoms with van der Waals surface area (Å²) in [5.41, 5.74) is 3.38. The van der Waals surface area contributed by atoms with E-state index in [0.29, 0.717) is 24.5 Å². The largest absolute Gasteiger partial charge is 0.487 e. The third-order valence-corrected chi connectivity index (χ3v) is 5.75. The Hall–Kier alpha value is -2.27. The summed E-state index contributed by atoms with van der Waals surface area (Å²) in [5, 5.41) is 0. The van der Waals surface area contributed by atoms with Gasteiger partial charge in [-0.25, -0.2) is 8.42 Å². The molecule has 2 aromatic rings. The van der Waals surface area contributed by atoms with Crippen molar-refractivity contribution in [3.63, 3.8) is 0 Å². The van der Waals surface area contributed by atoms with E-state index in [1.807, 2.05) is 69.3 Å². The zero-order valence-corrected chi connectivity index (χ0v) is 16.6. The van der Waals surface area contributed by atoms with Gasteiger partial charge in [0.1, 0.15) is 12.4 Å². The Morgan fingerprint density at radius 2 is 1.85 bits per heavy atom. The fourth-order valence-corrected chi connectivity index (χ4v) is 4.23. The van der Waals surface area contributed by atoms with Gasteiger partial charge in [0.15, 0.2) is 0 Å². The van der Waals surface area contributed by atoms with Crippen molar-refractivity contribution >= 4 is 15.7 Å². The lowest BCUT2D eigenvalue weighted by Gasteiger charge is -2.27. The molecule has 0 aliphatic rings. The van der Waals surface area contributed by atoms with Crippen LogP contribution in [0.3, 0.4) is 0 Å². The molecule has 0 aliphatic carbocycles. The summed E-state index contributed by atoms with van der Waals surface area (Å²) in [5.74, 6) is 0.654. The van der Waals surface area contributed by atoms with E-state index in [1.54, 1.807) is 0 Å². The van der Waals surface area contributed by atoms with E-state index in [2.05, 4.69) is 6.58 Å². The Labute approximate surface area is 157 Å². The topological polar surface area (TPSA) is 46.6 Å². The second-order valence-corrected chi connectivity index (χ2v) is 8.54. The molecule has 5 heteroatoms. The number of rotatable bonds is 9. The van der Waals surface area contributed by atoms with Crippen LogP contribution >= 0.6 is 0 Å². The van der Waals surface area contributed by atoms with E-state index in [0.717, 1.165) is 16.7 Å². The van der Waals surface area contributed by atoms with Crippen molar-refractivity contribution in [2.75, 3.05) is 16.6 Å². The van der Waals surface area contributed by atoms with Crippen LogP contribution in [0.15, 0.2) is 60.7 Å². The fourth-order valence-electron chi connectivity index (χ4n) is 2.62. The summed E-state index contributed by atoms with van der Waals surface area (Å²) in [6.07, 6.45) is 0.557. The first kappa shape index (κ1) is 20.0. The van der Waals surface area contributed by atoms with E-state index in [9.17, 15) is 8.42 Å². The van der Waals surface area contributed by atoms with E-state index in [-0.39, 0.29) is 12.3 Å². The normalized spacial score (nSPS) is 11.2. The lowest BCUT2D eigenvalue weighted by atomic mass is 10.2. The zero-order chi connectivity index (χ0) is 19.2. The van der Waals surface area contributed by atoms with Gasteiger partial charge in [0, 0.05) is 0 Å². The zero-order valence-electron chi connectivity index (χ0n) is 15.7. The van der Waals surface area contributed by atoms with Crippen molar-refractivity contribution in [2.24, 2.45) is 0 Å². The van der Waals surface area contributed by atoms with Crippen molar-refractivity contribution < 1.29 is 13.2 Å². The first-order valence-corrected chi connectivity index (χ1v) is 10.4. The number of hydrogen-bond acceptors (Lipinski definition) is 3. The molecule has 0 aliphatic heterocycles.